The first kappa shape index (κ1) is 26.8. The van der Waals surface area contributed by atoms with Gasteiger partial charge in [-0.25, -0.2) is 0 Å². The van der Waals surface area contributed by atoms with Crippen LogP contribution in [-0.2, 0) is 29.0 Å². The maximum Gasteiger partial charge on any atom is 0.243 e. The number of hydrogen-bond donors (Lipinski definition) is 1. The van der Waals surface area contributed by atoms with Crippen LogP contribution in [0.25, 0.3) is 0 Å². The van der Waals surface area contributed by atoms with E-state index in [1.807, 2.05) is 48.5 Å². The number of nitrogens with one attached hydrogen (secondary N) is 1. The molecule has 0 aliphatic carbocycles. The Labute approximate surface area is 217 Å². The van der Waals surface area contributed by atoms with Gasteiger partial charge >= 0.3 is 0 Å². The Morgan fingerprint density at radius 1 is 0.944 bits per heavy atom. The van der Waals surface area contributed by atoms with E-state index in [1.54, 1.807) is 49.5 Å². The van der Waals surface area contributed by atoms with E-state index < -0.39 is 6.04 Å². The lowest BCUT2D eigenvalue weighted by molar-refractivity contribution is -0.140. The Morgan fingerprint density at radius 2 is 1.61 bits per heavy atom. The van der Waals surface area contributed by atoms with Crippen molar-refractivity contribution in [3.05, 3.63) is 107 Å². The largest absolute Gasteiger partial charge is 0.493 e. The molecule has 0 unspecified atom stereocenters. The van der Waals surface area contributed by atoms with Crippen LogP contribution in [0.3, 0.4) is 0 Å². The molecule has 3 aromatic rings. The Kier molecular flexibility index (Phi) is 9.95. The van der Waals surface area contributed by atoms with Crippen LogP contribution in [0, 0.1) is 0 Å². The highest BCUT2D eigenvalue weighted by atomic mass is 35.5. The topological polar surface area (TPSA) is 67.9 Å². The van der Waals surface area contributed by atoms with E-state index in [4.69, 9.17) is 21.1 Å². The third-order valence-electron chi connectivity index (χ3n) is 5.76. The van der Waals surface area contributed by atoms with Gasteiger partial charge in [-0.3, -0.25) is 9.59 Å². The third-order valence-corrected chi connectivity index (χ3v) is 6.01. The van der Waals surface area contributed by atoms with Crippen molar-refractivity contribution in [2.24, 2.45) is 0 Å². The van der Waals surface area contributed by atoms with Crippen molar-refractivity contribution < 1.29 is 19.1 Å². The number of ether oxygens (including phenoxy) is 2. The number of benzene rings is 3. The first-order chi connectivity index (χ1) is 17.4. The molecule has 0 heterocycles. The number of halogens is 1. The van der Waals surface area contributed by atoms with Gasteiger partial charge in [0.15, 0.2) is 11.5 Å². The number of nitrogens with zero attached hydrogens (tertiary/aromatic N) is 1. The maximum atomic E-state index is 13.8. The zero-order valence-electron chi connectivity index (χ0n) is 20.6. The lowest BCUT2D eigenvalue weighted by Gasteiger charge is -2.31. The van der Waals surface area contributed by atoms with Gasteiger partial charge < -0.3 is 19.7 Å². The van der Waals surface area contributed by atoms with Gasteiger partial charge in [0.05, 0.1) is 20.6 Å². The lowest BCUT2D eigenvalue weighted by Crippen LogP contribution is -2.51. The average Bonchev–Trinajstić information content (AvgIpc) is 2.90. The van der Waals surface area contributed by atoms with E-state index in [1.165, 1.54) is 0 Å². The molecule has 0 radical (unpaired) electrons. The molecular formula is C29H31ClN2O4. The second-order valence-electron chi connectivity index (χ2n) is 8.25. The summed E-state index contributed by atoms with van der Waals surface area (Å²) in [6, 6.07) is 21.6. The molecular weight excluding hydrogens is 476 g/mol. The summed E-state index contributed by atoms with van der Waals surface area (Å²) >= 11 is 6.07. The van der Waals surface area contributed by atoms with Crippen LogP contribution in [0.4, 0.5) is 0 Å². The van der Waals surface area contributed by atoms with Crippen LogP contribution in [-0.4, -0.2) is 43.5 Å². The molecule has 0 aromatic heterocycles. The van der Waals surface area contributed by atoms with Crippen LogP contribution in [0.2, 0.25) is 5.02 Å². The molecule has 7 heteroatoms. The highest BCUT2D eigenvalue weighted by molar-refractivity contribution is 6.30. The van der Waals surface area contributed by atoms with Crippen molar-refractivity contribution in [1.82, 2.24) is 10.2 Å². The van der Waals surface area contributed by atoms with Gasteiger partial charge in [0, 0.05) is 24.5 Å². The minimum atomic E-state index is -0.726. The number of hydrogen-bond acceptors (Lipinski definition) is 4. The van der Waals surface area contributed by atoms with Gasteiger partial charge in [-0.05, 0) is 41.0 Å². The summed E-state index contributed by atoms with van der Waals surface area (Å²) in [5, 5.41) is 3.47. The van der Waals surface area contributed by atoms with Gasteiger partial charge in [0.2, 0.25) is 11.8 Å². The van der Waals surface area contributed by atoms with E-state index in [9.17, 15) is 9.59 Å². The van der Waals surface area contributed by atoms with E-state index in [0.29, 0.717) is 29.5 Å². The molecule has 36 heavy (non-hydrogen) atoms. The SMILES string of the molecule is C=CCNC(=O)[C@@H](Cc1ccccc1)N(Cc1ccc(Cl)cc1)C(=O)Cc1ccc(OC)c(OC)c1. The Bertz CT molecular complexity index is 1170. The predicted octanol–water partition coefficient (Wildman–Crippen LogP) is 4.84. The van der Waals surface area contributed by atoms with Crippen molar-refractivity contribution in [3.8, 4) is 11.5 Å². The number of carbonyl (C=O) groups is 2. The van der Waals surface area contributed by atoms with Gasteiger partial charge in [-0.15, -0.1) is 6.58 Å². The Morgan fingerprint density at radius 3 is 2.25 bits per heavy atom. The fraction of sp³-hybridized carbons (Fsp3) is 0.241. The molecule has 2 amide bonds. The molecule has 0 saturated heterocycles. The van der Waals surface area contributed by atoms with Gasteiger partial charge in [-0.1, -0.05) is 66.2 Å². The van der Waals surface area contributed by atoms with Gasteiger partial charge in [0.25, 0.3) is 0 Å². The predicted molar refractivity (Wildman–Crippen MR) is 142 cm³/mol. The summed E-state index contributed by atoms with van der Waals surface area (Å²) in [5.74, 6) is 0.689. The molecule has 6 nitrogen and oxygen atoms in total. The molecule has 0 spiro atoms. The molecule has 0 aliphatic heterocycles. The molecule has 188 valence electrons. The monoisotopic (exact) mass is 506 g/mol. The average molecular weight is 507 g/mol. The summed E-state index contributed by atoms with van der Waals surface area (Å²) < 4.78 is 10.7. The fourth-order valence-corrected chi connectivity index (χ4v) is 4.02. The summed E-state index contributed by atoms with van der Waals surface area (Å²) in [6.45, 7) is 4.25. The molecule has 0 fully saturated rings. The molecule has 0 bridgehead atoms. The van der Waals surface area contributed by atoms with E-state index >= 15 is 0 Å². The van der Waals surface area contributed by atoms with Crippen molar-refractivity contribution in [1.29, 1.82) is 0 Å². The minimum absolute atomic E-state index is 0.0912. The molecule has 0 saturated carbocycles. The Hall–Kier alpha value is -3.77. The van der Waals surface area contributed by atoms with Crippen molar-refractivity contribution in [2.45, 2.75) is 25.4 Å². The van der Waals surface area contributed by atoms with Crippen LogP contribution in [0.5, 0.6) is 11.5 Å². The summed E-state index contributed by atoms with van der Waals surface area (Å²) in [7, 11) is 3.11. The highest BCUT2D eigenvalue weighted by Gasteiger charge is 2.30. The molecule has 1 N–H and O–H groups in total. The maximum absolute atomic E-state index is 13.8. The van der Waals surface area contributed by atoms with Crippen LogP contribution in [0.15, 0.2) is 85.5 Å². The van der Waals surface area contributed by atoms with Crippen molar-refractivity contribution in [3.63, 3.8) is 0 Å². The second kappa shape index (κ2) is 13.4. The van der Waals surface area contributed by atoms with Crippen LogP contribution >= 0.6 is 11.6 Å². The second-order valence-corrected chi connectivity index (χ2v) is 8.69. The summed E-state index contributed by atoms with van der Waals surface area (Å²) in [5.41, 5.74) is 2.58. The number of amides is 2. The van der Waals surface area contributed by atoms with Crippen LogP contribution < -0.4 is 14.8 Å². The Balaban J connectivity index is 1.96. The molecule has 3 rings (SSSR count). The van der Waals surface area contributed by atoms with Gasteiger partial charge in [0.1, 0.15) is 6.04 Å². The summed E-state index contributed by atoms with van der Waals surface area (Å²) in [4.78, 5) is 28.7. The fourth-order valence-electron chi connectivity index (χ4n) is 3.90. The quantitative estimate of drug-likeness (QED) is 0.357. The normalized spacial score (nSPS) is 11.3. The van der Waals surface area contributed by atoms with E-state index in [0.717, 1.165) is 16.7 Å². The third kappa shape index (κ3) is 7.36. The van der Waals surface area contributed by atoms with E-state index in [-0.39, 0.29) is 24.8 Å². The number of methoxy groups -OCH3 is 2. The van der Waals surface area contributed by atoms with Crippen LogP contribution in [0.1, 0.15) is 16.7 Å². The van der Waals surface area contributed by atoms with Gasteiger partial charge in [-0.2, -0.15) is 0 Å². The van der Waals surface area contributed by atoms with Crippen molar-refractivity contribution >= 4 is 23.4 Å². The molecule has 0 aliphatic rings. The first-order valence-electron chi connectivity index (χ1n) is 11.6. The smallest absolute Gasteiger partial charge is 0.243 e. The molecule has 3 aromatic carbocycles. The molecule has 1 atom stereocenters. The zero-order chi connectivity index (χ0) is 25.9. The highest BCUT2D eigenvalue weighted by Crippen LogP contribution is 2.28. The number of rotatable bonds is 12. The summed E-state index contributed by atoms with van der Waals surface area (Å²) in [6.07, 6.45) is 2.08. The van der Waals surface area contributed by atoms with E-state index in [2.05, 4.69) is 11.9 Å². The van der Waals surface area contributed by atoms with Crippen molar-refractivity contribution in [2.75, 3.05) is 20.8 Å². The number of carbonyl (C=O) groups excluding carboxylic acids is 2. The zero-order valence-corrected chi connectivity index (χ0v) is 21.3. The minimum Gasteiger partial charge on any atom is -0.493 e. The lowest BCUT2D eigenvalue weighted by atomic mass is 10.0. The standard InChI is InChI=1S/C29H31ClN2O4/c1-4-16-31-29(34)25(17-21-8-6-5-7-9-21)32(20-22-10-13-24(30)14-11-22)28(33)19-23-12-15-26(35-2)27(18-23)36-3/h4-15,18,25H,1,16-17,19-20H2,2-3H3,(H,31,34)/t25-/m1/s1. The first-order valence-corrected chi connectivity index (χ1v) is 12.0.